The number of amides is 1. The molecule has 0 aliphatic rings. The minimum absolute atomic E-state index is 0.300. The highest BCUT2D eigenvalue weighted by atomic mass is 16.5. The van der Waals surface area contributed by atoms with Crippen molar-refractivity contribution in [2.75, 3.05) is 19.1 Å². The molecule has 3 heterocycles. The van der Waals surface area contributed by atoms with Crippen LogP contribution in [-0.4, -0.2) is 40.2 Å². The number of rotatable bonds is 6. The summed E-state index contributed by atoms with van der Waals surface area (Å²) in [7, 11) is 3.64. The number of benzene rings is 1. The molecule has 2 N–H and O–H groups in total. The van der Waals surface area contributed by atoms with Gasteiger partial charge in [0, 0.05) is 43.0 Å². The van der Waals surface area contributed by atoms with Crippen molar-refractivity contribution in [2.45, 2.75) is 6.54 Å². The van der Waals surface area contributed by atoms with Gasteiger partial charge in [-0.1, -0.05) is 12.1 Å². The van der Waals surface area contributed by atoms with E-state index in [1.807, 2.05) is 43.4 Å². The fourth-order valence-corrected chi connectivity index (χ4v) is 3.09. The number of aromatic nitrogens is 4. The quantitative estimate of drug-likeness (QED) is 0.530. The van der Waals surface area contributed by atoms with Crippen molar-refractivity contribution in [2.24, 2.45) is 5.73 Å². The third-order valence-corrected chi connectivity index (χ3v) is 4.76. The predicted molar refractivity (Wildman–Crippen MR) is 114 cm³/mol. The first kappa shape index (κ1) is 19.3. The van der Waals surface area contributed by atoms with Crippen molar-refractivity contribution in [1.29, 1.82) is 0 Å². The van der Waals surface area contributed by atoms with Crippen LogP contribution in [0.5, 0.6) is 5.75 Å². The van der Waals surface area contributed by atoms with Crippen LogP contribution in [0.2, 0.25) is 0 Å². The highest BCUT2D eigenvalue weighted by Crippen LogP contribution is 2.24. The molecule has 0 saturated carbocycles. The molecule has 30 heavy (non-hydrogen) atoms. The maximum atomic E-state index is 11.4. The molecule has 150 valence electrons. The predicted octanol–water partition coefficient (Wildman–Crippen LogP) is 2.83. The van der Waals surface area contributed by atoms with Crippen molar-refractivity contribution >= 4 is 22.6 Å². The highest BCUT2D eigenvalue weighted by molar-refractivity contribution is 5.93. The van der Waals surface area contributed by atoms with Crippen molar-refractivity contribution in [3.8, 4) is 17.0 Å². The van der Waals surface area contributed by atoms with Gasteiger partial charge in [-0.25, -0.2) is 4.98 Å². The van der Waals surface area contributed by atoms with Crippen LogP contribution in [0.15, 0.2) is 61.1 Å². The van der Waals surface area contributed by atoms with Crippen LogP contribution in [0.3, 0.4) is 0 Å². The van der Waals surface area contributed by atoms with Gasteiger partial charge in [0.15, 0.2) is 0 Å². The number of methoxy groups -OCH3 is 1. The van der Waals surface area contributed by atoms with Crippen LogP contribution >= 0.6 is 0 Å². The maximum Gasteiger partial charge on any atom is 0.250 e. The molecule has 8 heteroatoms. The van der Waals surface area contributed by atoms with Gasteiger partial charge in [-0.3, -0.25) is 9.78 Å². The van der Waals surface area contributed by atoms with E-state index in [0.29, 0.717) is 17.8 Å². The summed E-state index contributed by atoms with van der Waals surface area (Å²) in [5, 5.41) is 8.77. The molecule has 1 amide bonds. The molecule has 3 aromatic heterocycles. The molecule has 8 nitrogen and oxygen atoms in total. The number of pyridine rings is 2. The zero-order valence-electron chi connectivity index (χ0n) is 16.6. The summed E-state index contributed by atoms with van der Waals surface area (Å²) in [4.78, 5) is 22.5. The molecule has 0 atom stereocenters. The summed E-state index contributed by atoms with van der Waals surface area (Å²) >= 11 is 0. The Morgan fingerprint density at radius 2 is 1.87 bits per heavy atom. The SMILES string of the molecule is COc1ccc(CN(C)c2cc3ncc(-c4cc(C(N)=O)cnn4)cc3cn2)cc1. The minimum Gasteiger partial charge on any atom is -0.497 e. The van der Waals surface area contributed by atoms with Gasteiger partial charge in [-0.2, -0.15) is 10.2 Å². The monoisotopic (exact) mass is 400 g/mol. The number of primary amides is 1. The van der Waals surface area contributed by atoms with E-state index in [1.165, 1.54) is 6.20 Å². The summed E-state index contributed by atoms with van der Waals surface area (Å²) in [5.74, 6) is 1.09. The second-order valence-corrected chi connectivity index (χ2v) is 6.86. The Bertz CT molecular complexity index is 1210. The third kappa shape index (κ3) is 4.02. The normalized spacial score (nSPS) is 10.7. The molecular weight excluding hydrogens is 380 g/mol. The van der Waals surface area contributed by atoms with Crippen LogP contribution in [0.25, 0.3) is 22.2 Å². The van der Waals surface area contributed by atoms with Gasteiger partial charge in [0.1, 0.15) is 11.6 Å². The fourth-order valence-electron chi connectivity index (χ4n) is 3.09. The lowest BCUT2D eigenvalue weighted by atomic mass is 10.1. The zero-order chi connectivity index (χ0) is 21.1. The second-order valence-electron chi connectivity index (χ2n) is 6.86. The molecule has 1 aromatic carbocycles. The lowest BCUT2D eigenvalue weighted by molar-refractivity contribution is 0.1000. The standard InChI is InChI=1S/C22H20N6O2/c1-28(13-14-3-5-18(30-2)6-4-14)21-9-19-15(11-25-21)7-16(10-24-19)20-8-17(22(23)29)12-26-27-20/h3-12H,13H2,1-2H3,(H2,23,29). The minimum atomic E-state index is -0.550. The van der Waals surface area contributed by atoms with E-state index in [4.69, 9.17) is 10.5 Å². The Labute approximate surface area is 173 Å². The topological polar surface area (TPSA) is 107 Å². The number of nitrogens with two attached hydrogens (primary N) is 1. The van der Waals surface area contributed by atoms with E-state index in [9.17, 15) is 4.79 Å². The van der Waals surface area contributed by atoms with Crippen molar-refractivity contribution in [1.82, 2.24) is 20.2 Å². The molecule has 0 aliphatic heterocycles. The number of carbonyl (C=O) groups is 1. The average Bonchev–Trinajstić information content (AvgIpc) is 2.79. The Hall–Kier alpha value is -4.07. The highest BCUT2D eigenvalue weighted by Gasteiger charge is 2.10. The number of hydrogen-bond acceptors (Lipinski definition) is 7. The molecule has 0 spiro atoms. The van der Waals surface area contributed by atoms with E-state index < -0.39 is 5.91 Å². The lowest BCUT2D eigenvalue weighted by Crippen LogP contribution is -2.17. The van der Waals surface area contributed by atoms with Crippen molar-refractivity contribution < 1.29 is 9.53 Å². The van der Waals surface area contributed by atoms with Gasteiger partial charge in [-0.05, 0) is 29.8 Å². The second kappa shape index (κ2) is 8.12. The van der Waals surface area contributed by atoms with Gasteiger partial charge in [0.25, 0.3) is 0 Å². The van der Waals surface area contributed by atoms with E-state index in [-0.39, 0.29) is 0 Å². The molecule has 0 radical (unpaired) electrons. The van der Waals surface area contributed by atoms with E-state index >= 15 is 0 Å². The first-order valence-electron chi connectivity index (χ1n) is 9.26. The Kier molecular flexibility index (Phi) is 5.21. The number of nitrogens with zero attached hydrogens (tertiary/aromatic N) is 5. The van der Waals surface area contributed by atoms with E-state index in [0.717, 1.165) is 33.6 Å². The lowest BCUT2D eigenvalue weighted by Gasteiger charge is -2.18. The van der Waals surface area contributed by atoms with Gasteiger partial charge >= 0.3 is 0 Å². The van der Waals surface area contributed by atoms with Gasteiger partial charge in [0.2, 0.25) is 5.91 Å². The van der Waals surface area contributed by atoms with Crippen LogP contribution in [0, 0.1) is 0 Å². The van der Waals surface area contributed by atoms with Gasteiger partial charge in [0.05, 0.1) is 30.1 Å². The first-order valence-corrected chi connectivity index (χ1v) is 9.26. The summed E-state index contributed by atoms with van der Waals surface area (Å²) in [5.41, 5.74) is 8.85. The molecule has 0 unspecified atom stereocenters. The molecule has 0 aliphatic carbocycles. The third-order valence-electron chi connectivity index (χ3n) is 4.76. The molecule has 4 aromatic rings. The van der Waals surface area contributed by atoms with Crippen molar-refractivity contribution in [3.63, 3.8) is 0 Å². The van der Waals surface area contributed by atoms with Crippen molar-refractivity contribution in [3.05, 3.63) is 72.2 Å². The zero-order valence-corrected chi connectivity index (χ0v) is 16.6. The summed E-state index contributed by atoms with van der Waals surface area (Å²) < 4.78 is 5.20. The van der Waals surface area contributed by atoms with E-state index in [2.05, 4.69) is 25.1 Å². The van der Waals surface area contributed by atoms with E-state index in [1.54, 1.807) is 25.6 Å². The summed E-state index contributed by atoms with van der Waals surface area (Å²) in [6, 6.07) is 13.4. The number of ether oxygens (including phenoxy) is 1. The van der Waals surface area contributed by atoms with Gasteiger partial charge < -0.3 is 15.4 Å². The van der Waals surface area contributed by atoms with Crippen LogP contribution in [-0.2, 0) is 6.54 Å². The molecule has 0 fully saturated rings. The van der Waals surface area contributed by atoms with Gasteiger partial charge in [-0.15, -0.1) is 0 Å². The summed E-state index contributed by atoms with van der Waals surface area (Å²) in [6.45, 7) is 0.704. The Balaban J connectivity index is 1.58. The van der Waals surface area contributed by atoms with Crippen LogP contribution in [0.1, 0.15) is 15.9 Å². The number of hydrogen-bond donors (Lipinski definition) is 1. The maximum absolute atomic E-state index is 11.4. The largest absolute Gasteiger partial charge is 0.497 e. The Morgan fingerprint density at radius 3 is 2.60 bits per heavy atom. The first-order chi connectivity index (χ1) is 14.5. The smallest absolute Gasteiger partial charge is 0.250 e. The van der Waals surface area contributed by atoms with Crippen LogP contribution < -0.4 is 15.4 Å². The van der Waals surface area contributed by atoms with Crippen LogP contribution in [0.4, 0.5) is 5.82 Å². The Morgan fingerprint density at radius 1 is 1.07 bits per heavy atom. The number of fused-ring (bicyclic) bond motifs is 1. The summed E-state index contributed by atoms with van der Waals surface area (Å²) in [6.07, 6.45) is 4.81. The molecular formula is C22H20N6O2. The number of carbonyl (C=O) groups excluding carboxylic acids is 1. The molecule has 0 saturated heterocycles. The molecule has 4 rings (SSSR count). The average molecular weight is 400 g/mol. The molecule has 0 bridgehead atoms. The fraction of sp³-hybridized carbons (Fsp3) is 0.136. The number of anilines is 1.